The largest absolute Gasteiger partial charge is 0.473 e. The van der Waals surface area contributed by atoms with Crippen LogP contribution in [0.25, 0.3) is 0 Å². The Morgan fingerprint density at radius 1 is 1.30 bits per heavy atom. The predicted molar refractivity (Wildman–Crippen MR) is 49.2 cm³/mol. The molecule has 0 aromatic heterocycles. The highest BCUT2D eigenvalue weighted by atomic mass is 33.7. The summed E-state index contributed by atoms with van der Waals surface area (Å²) in [6.45, 7) is 0. The van der Waals surface area contributed by atoms with Gasteiger partial charge in [0.1, 0.15) is 0 Å². The van der Waals surface area contributed by atoms with Crippen LogP contribution < -0.4 is 0 Å². The fraction of sp³-hybridized carbons (Fsp3) is 0. The van der Waals surface area contributed by atoms with E-state index in [0.717, 1.165) is 0 Å². The molecule has 0 bridgehead atoms. The van der Waals surface area contributed by atoms with Crippen molar-refractivity contribution in [2.45, 2.75) is 0 Å². The maximum atomic E-state index is 10.2. The second kappa shape index (κ2) is 3.65. The van der Waals surface area contributed by atoms with Gasteiger partial charge in [-0.15, -0.1) is 0 Å². The molecule has 4 nitrogen and oxygen atoms in total. The van der Waals surface area contributed by atoms with E-state index < -0.39 is 18.7 Å². The molecule has 2 N–H and O–H groups in total. The molecule has 60 valence electrons. The fourth-order valence-electron chi connectivity index (χ4n) is 0.138. The molecule has 0 amide bonds. The molecule has 0 saturated carbocycles. The van der Waals surface area contributed by atoms with Crippen LogP contribution in [0.15, 0.2) is 0 Å². The van der Waals surface area contributed by atoms with Crippen LogP contribution in [0.3, 0.4) is 0 Å². The maximum Gasteiger partial charge on any atom is 0.375 e. The quantitative estimate of drug-likeness (QED) is 0.403. The van der Waals surface area contributed by atoms with Crippen LogP contribution in [0, 0.1) is 0 Å². The van der Waals surface area contributed by atoms with Crippen molar-refractivity contribution < 1.29 is 19.8 Å². The van der Waals surface area contributed by atoms with E-state index in [1.54, 1.807) is 0 Å². The molecule has 0 radical (unpaired) electrons. The fourth-order valence-corrected chi connectivity index (χ4v) is 1.95. The van der Waals surface area contributed by atoms with Gasteiger partial charge in [0.25, 0.3) is 0 Å². The van der Waals surface area contributed by atoms with E-state index in [1.807, 2.05) is 0 Å². The van der Waals surface area contributed by atoms with Gasteiger partial charge in [-0.25, -0.2) is 9.59 Å². The zero-order valence-electron chi connectivity index (χ0n) is 4.42. The Hall–Kier alpha value is 0.340. The number of carboxylic acid groups (broad SMARTS) is 2. The molecule has 0 aromatic rings. The highest BCUT2D eigenvalue weighted by Crippen LogP contribution is 2.66. The van der Waals surface area contributed by atoms with Gasteiger partial charge in [0.05, 0.1) is 8.09 Å². The molecule has 0 atom stereocenters. The van der Waals surface area contributed by atoms with E-state index in [4.69, 9.17) is 10.2 Å². The van der Waals surface area contributed by atoms with Crippen molar-refractivity contribution in [2.24, 2.45) is 0 Å². The number of carbonyl (C=O) groups is 2. The van der Waals surface area contributed by atoms with E-state index >= 15 is 0 Å². The first-order valence-corrected chi connectivity index (χ1v) is 6.87. The van der Waals surface area contributed by atoms with Crippen LogP contribution in [-0.2, 0) is 0 Å². The lowest BCUT2D eigenvalue weighted by Gasteiger charge is -2.18. The highest BCUT2D eigenvalue weighted by Gasteiger charge is 2.37. The van der Waals surface area contributed by atoms with E-state index in [-0.39, 0.29) is 0 Å². The van der Waals surface area contributed by atoms with Crippen molar-refractivity contribution in [1.29, 1.82) is 0 Å². The van der Waals surface area contributed by atoms with Crippen LogP contribution >= 0.6 is 41.2 Å². The van der Waals surface area contributed by atoms with Gasteiger partial charge in [-0.1, -0.05) is 23.3 Å². The molecule has 0 aromatic carbocycles. The number of rotatable bonds is 1. The maximum absolute atomic E-state index is 10.2. The van der Waals surface area contributed by atoms with Crippen LogP contribution in [-0.4, -0.2) is 20.8 Å². The smallest absolute Gasteiger partial charge is 0.375 e. The summed E-state index contributed by atoms with van der Waals surface area (Å²) in [5.74, 6) is 0. The van der Waals surface area contributed by atoms with E-state index in [1.165, 1.54) is 0 Å². The van der Waals surface area contributed by atoms with Gasteiger partial charge in [0, 0.05) is 0 Å². The summed E-state index contributed by atoms with van der Waals surface area (Å²) in [5, 5.41) is 13.7. The second-order valence-corrected chi connectivity index (χ2v) is 8.70. The van der Waals surface area contributed by atoms with Crippen LogP contribution in [0.4, 0.5) is 9.59 Å². The normalized spacial score (nSPS) is 12.6. The zero-order chi connectivity index (χ0) is 8.36. The molecule has 0 aliphatic rings. The third kappa shape index (κ3) is 1.91. The van der Waals surface area contributed by atoms with E-state index in [2.05, 4.69) is 23.3 Å². The second-order valence-electron chi connectivity index (χ2n) is 1.13. The van der Waals surface area contributed by atoms with Crippen molar-refractivity contribution in [3.8, 4) is 0 Å². The molecule has 0 saturated heterocycles. The van der Waals surface area contributed by atoms with Crippen LogP contribution in [0.2, 0.25) is 0 Å². The SMILES string of the molecule is O=C(O)S(S)(SS)C(=O)O. The first-order chi connectivity index (χ1) is 4.45. The number of hydrogen-bond acceptors (Lipinski definition) is 5. The number of hydrogen-bond donors (Lipinski definition) is 4. The molecule has 10 heavy (non-hydrogen) atoms. The first kappa shape index (κ1) is 10.3. The van der Waals surface area contributed by atoms with Gasteiger partial charge >= 0.3 is 10.6 Å². The van der Waals surface area contributed by atoms with E-state index in [0.29, 0.717) is 9.83 Å². The van der Waals surface area contributed by atoms with Gasteiger partial charge in [-0.2, -0.15) is 0 Å². The summed E-state index contributed by atoms with van der Waals surface area (Å²) in [7, 11) is -2.57. The molecule has 0 aliphatic carbocycles. The standard InChI is InChI=1S/C2H4O4S4/c3-1(4)10(8,9-7)2(5)6/h7-8H,(H,3,4)(H,5,6). The Morgan fingerprint density at radius 2 is 1.60 bits per heavy atom. The monoisotopic (exact) mass is 220 g/mol. The first-order valence-electron chi connectivity index (χ1n) is 1.80. The Kier molecular flexibility index (Phi) is 3.77. The highest BCUT2D eigenvalue weighted by molar-refractivity contribution is 9.41. The lowest BCUT2D eigenvalue weighted by atomic mass is 11.6. The van der Waals surface area contributed by atoms with Gasteiger partial charge in [0.2, 0.25) is 0 Å². The molecule has 0 unspecified atom stereocenters. The third-order valence-electron chi connectivity index (χ3n) is 0.581. The molecule has 0 rings (SSSR count). The average Bonchev–Trinajstić information content (AvgIpc) is 1.85. The van der Waals surface area contributed by atoms with Gasteiger partial charge in [-0.3, -0.25) is 0 Å². The summed E-state index contributed by atoms with van der Waals surface area (Å²) in [4.78, 5) is 20.4. The molecule has 8 heteroatoms. The Bertz CT molecular complexity index is 153. The van der Waals surface area contributed by atoms with Gasteiger partial charge < -0.3 is 10.2 Å². The Balaban J connectivity index is 4.55. The van der Waals surface area contributed by atoms with Crippen molar-refractivity contribution in [2.75, 3.05) is 0 Å². The summed E-state index contributed by atoms with van der Waals surface area (Å²) in [5.41, 5.74) is 0. The molecule has 0 aliphatic heterocycles. The molecular formula is C2H4O4S4. The van der Waals surface area contributed by atoms with Crippen molar-refractivity contribution in [3.05, 3.63) is 0 Å². The average molecular weight is 220 g/mol. The van der Waals surface area contributed by atoms with E-state index in [9.17, 15) is 9.59 Å². The number of thiol groups is 2. The van der Waals surface area contributed by atoms with Crippen molar-refractivity contribution in [3.63, 3.8) is 0 Å². The molecule has 0 heterocycles. The topological polar surface area (TPSA) is 74.6 Å². The van der Waals surface area contributed by atoms with Gasteiger partial charge in [0.15, 0.2) is 0 Å². The van der Waals surface area contributed by atoms with Crippen molar-refractivity contribution in [1.82, 2.24) is 0 Å². The van der Waals surface area contributed by atoms with Crippen molar-refractivity contribution >= 4 is 51.8 Å². The predicted octanol–water partition coefficient (Wildman–Crippen LogP) is 2.48. The lowest BCUT2D eigenvalue weighted by Crippen LogP contribution is -2.07. The summed E-state index contributed by atoms with van der Waals surface area (Å²) >= 11 is 6.97. The molecule has 0 spiro atoms. The molecular weight excluding hydrogens is 216 g/mol. The summed E-state index contributed by atoms with van der Waals surface area (Å²) in [6, 6.07) is 0. The minimum Gasteiger partial charge on any atom is -0.473 e. The van der Waals surface area contributed by atoms with Gasteiger partial charge in [-0.05, 0) is 9.83 Å². The minimum atomic E-state index is -3.00. The summed E-state index contributed by atoms with van der Waals surface area (Å²) in [6.07, 6.45) is 0. The van der Waals surface area contributed by atoms with Crippen LogP contribution in [0.5, 0.6) is 0 Å². The Labute approximate surface area is 71.7 Å². The minimum absolute atomic E-state index is 0.431. The Morgan fingerprint density at radius 3 is 1.60 bits per heavy atom. The zero-order valence-corrected chi connectivity index (χ0v) is 7.84. The van der Waals surface area contributed by atoms with Crippen LogP contribution in [0.1, 0.15) is 0 Å². The molecule has 0 fully saturated rings. The summed E-state index contributed by atoms with van der Waals surface area (Å²) < 4.78 is 0. The lowest BCUT2D eigenvalue weighted by molar-refractivity contribution is 0.217. The third-order valence-corrected chi connectivity index (χ3v) is 7.93.